The highest BCUT2D eigenvalue weighted by molar-refractivity contribution is 7.80. The van der Waals surface area contributed by atoms with E-state index in [9.17, 15) is 4.79 Å². The topological polar surface area (TPSA) is 50.4 Å². The van der Waals surface area contributed by atoms with Gasteiger partial charge in [0.05, 0.1) is 6.61 Å². The standard InChI is InChI=1S/C22H34N2O2S/c1-2-3-4-7-10-17-26-20-15-13-18(14-16-20)21(25)24-22(27)23-19-11-8-5-6-9-12-19/h13-16,19H,2-12,17H2,1H3,(H2,23,24,25,27). The lowest BCUT2D eigenvalue weighted by Crippen LogP contribution is -2.44. The molecular weight excluding hydrogens is 356 g/mol. The van der Waals surface area contributed by atoms with Crippen molar-refractivity contribution < 1.29 is 9.53 Å². The molecule has 0 unspecified atom stereocenters. The third kappa shape index (κ3) is 8.74. The molecule has 5 heteroatoms. The first-order valence-electron chi connectivity index (χ1n) is 10.5. The minimum Gasteiger partial charge on any atom is -0.494 e. The van der Waals surface area contributed by atoms with E-state index in [0.717, 1.165) is 31.6 Å². The molecule has 2 rings (SSSR count). The summed E-state index contributed by atoms with van der Waals surface area (Å²) >= 11 is 5.31. The van der Waals surface area contributed by atoms with E-state index in [1.165, 1.54) is 51.4 Å². The Morgan fingerprint density at radius 1 is 1.04 bits per heavy atom. The molecule has 0 atom stereocenters. The van der Waals surface area contributed by atoms with Crippen LogP contribution in [0.1, 0.15) is 87.9 Å². The highest BCUT2D eigenvalue weighted by Crippen LogP contribution is 2.17. The molecule has 0 radical (unpaired) electrons. The van der Waals surface area contributed by atoms with E-state index >= 15 is 0 Å². The maximum Gasteiger partial charge on any atom is 0.257 e. The molecule has 2 N–H and O–H groups in total. The Balaban J connectivity index is 1.70. The predicted octanol–water partition coefficient (Wildman–Crippen LogP) is 5.36. The number of benzene rings is 1. The van der Waals surface area contributed by atoms with Crippen molar-refractivity contribution in [2.45, 2.75) is 83.6 Å². The fourth-order valence-corrected chi connectivity index (χ4v) is 3.68. The first kappa shape index (κ1) is 21.7. The van der Waals surface area contributed by atoms with E-state index in [4.69, 9.17) is 17.0 Å². The molecule has 0 aliphatic heterocycles. The molecule has 27 heavy (non-hydrogen) atoms. The highest BCUT2D eigenvalue weighted by atomic mass is 32.1. The Kier molecular flexibility index (Phi) is 10.2. The number of rotatable bonds is 9. The quantitative estimate of drug-likeness (QED) is 0.338. The van der Waals surface area contributed by atoms with Crippen LogP contribution in [-0.4, -0.2) is 23.7 Å². The molecule has 1 aromatic rings. The second-order valence-corrected chi connectivity index (χ2v) is 7.81. The van der Waals surface area contributed by atoms with E-state index < -0.39 is 0 Å². The van der Waals surface area contributed by atoms with Gasteiger partial charge in [0.1, 0.15) is 5.75 Å². The number of amides is 1. The SMILES string of the molecule is CCCCCCCOc1ccc(C(=O)NC(=S)NC2CCCCCC2)cc1. The summed E-state index contributed by atoms with van der Waals surface area (Å²) in [6.45, 7) is 2.94. The number of thiocarbonyl (C=S) groups is 1. The average Bonchev–Trinajstić information content (AvgIpc) is 2.93. The molecule has 1 aliphatic carbocycles. The van der Waals surface area contributed by atoms with E-state index in [1.54, 1.807) is 12.1 Å². The fourth-order valence-electron chi connectivity index (χ4n) is 3.42. The Hall–Kier alpha value is -1.62. The smallest absolute Gasteiger partial charge is 0.257 e. The molecule has 1 aromatic carbocycles. The van der Waals surface area contributed by atoms with Crippen molar-refractivity contribution >= 4 is 23.2 Å². The van der Waals surface area contributed by atoms with Gasteiger partial charge >= 0.3 is 0 Å². The Morgan fingerprint density at radius 3 is 2.37 bits per heavy atom. The lowest BCUT2D eigenvalue weighted by molar-refractivity contribution is 0.0976. The second kappa shape index (κ2) is 12.7. The van der Waals surface area contributed by atoms with Gasteiger partial charge in [0.25, 0.3) is 5.91 Å². The Bertz CT molecular complexity index is 566. The molecule has 4 nitrogen and oxygen atoms in total. The zero-order valence-corrected chi connectivity index (χ0v) is 17.4. The summed E-state index contributed by atoms with van der Waals surface area (Å²) in [5.41, 5.74) is 0.593. The van der Waals surface area contributed by atoms with Gasteiger partial charge in [0.15, 0.2) is 5.11 Å². The van der Waals surface area contributed by atoms with Crippen LogP contribution >= 0.6 is 12.2 Å². The number of ether oxygens (including phenoxy) is 1. The normalized spacial score (nSPS) is 15.0. The number of unbranched alkanes of at least 4 members (excludes halogenated alkanes) is 4. The zero-order valence-electron chi connectivity index (χ0n) is 16.6. The molecule has 1 aliphatic rings. The van der Waals surface area contributed by atoms with Crippen LogP contribution in [0.4, 0.5) is 0 Å². The summed E-state index contributed by atoms with van der Waals surface area (Å²) in [5.74, 6) is 0.633. The van der Waals surface area contributed by atoms with Crippen LogP contribution in [-0.2, 0) is 0 Å². The summed E-state index contributed by atoms with van der Waals surface area (Å²) in [4.78, 5) is 12.4. The van der Waals surface area contributed by atoms with Crippen molar-refractivity contribution in [3.05, 3.63) is 29.8 Å². The monoisotopic (exact) mass is 390 g/mol. The third-order valence-corrected chi connectivity index (χ3v) is 5.27. The van der Waals surface area contributed by atoms with Crippen LogP contribution in [0.5, 0.6) is 5.75 Å². The highest BCUT2D eigenvalue weighted by Gasteiger charge is 2.14. The van der Waals surface area contributed by atoms with E-state index in [0.29, 0.717) is 16.7 Å². The van der Waals surface area contributed by atoms with Crippen molar-refractivity contribution in [3.63, 3.8) is 0 Å². The summed E-state index contributed by atoms with van der Waals surface area (Å²) in [5, 5.41) is 6.52. The van der Waals surface area contributed by atoms with Gasteiger partial charge in [-0.3, -0.25) is 10.1 Å². The average molecular weight is 391 g/mol. The first-order valence-corrected chi connectivity index (χ1v) is 10.9. The van der Waals surface area contributed by atoms with Gasteiger partial charge in [0, 0.05) is 11.6 Å². The van der Waals surface area contributed by atoms with Gasteiger partial charge in [-0.2, -0.15) is 0 Å². The lowest BCUT2D eigenvalue weighted by atomic mass is 10.1. The number of hydrogen-bond donors (Lipinski definition) is 2. The maximum atomic E-state index is 12.4. The molecule has 0 saturated heterocycles. The van der Waals surface area contributed by atoms with Crippen molar-refractivity contribution in [2.24, 2.45) is 0 Å². The van der Waals surface area contributed by atoms with Crippen LogP contribution < -0.4 is 15.4 Å². The molecule has 0 spiro atoms. The van der Waals surface area contributed by atoms with Crippen molar-refractivity contribution in [1.82, 2.24) is 10.6 Å². The number of carbonyl (C=O) groups excluding carboxylic acids is 1. The van der Waals surface area contributed by atoms with E-state index in [2.05, 4.69) is 17.6 Å². The molecule has 1 amide bonds. The zero-order chi connectivity index (χ0) is 19.3. The van der Waals surface area contributed by atoms with Crippen LogP contribution in [0.3, 0.4) is 0 Å². The Morgan fingerprint density at radius 2 is 1.70 bits per heavy atom. The molecule has 150 valence electrons. The van der Waals surface area contributed by atoms with Crippen molar-refractivity contribution in [1.29, 1.82) is 0 Å². The van der Waals surface area contributed by atoms with Crippen molar-refractivity contribution in [3.8, 4) is 5.75 Å². The minimum atomic E-state index is -0.174. The number of nitrogens with one attached hydrogen (secondary N) is 2. The van der Waals surface area contributed by atoms with Crippen molar-refractivity contribution in [2.75, 3.05) is 6.61 Å². The summed E-state index contributed by atoms with van der Waals surface area (Å²) in [7, 11) is 0. The summed E-state index contributed by atoms with van der Waals surface area (Å²) in [6, 6.07) is 7.66. The van der Waals surface area contributed by atoms with E-state index in [1.807, 2.05) is 12.1 Å². The molecule has 0 aromatic heterocycles. The van der Waals surface area contributed by atoms with Gasteiger partial charge in [-0.05, 0) is 55.7 Å². The van der Waals surface area contributed by atoms with Crippen LogP contribution in [0.15, 0.2) is 24.3 Å². The van der Waals surface area contributed by atoms with Gasteiger partial charge in [-0.1, -0.05) is 58.3 Å². The van der Waals surface area contributed by atoms with Crippen LogP contribution in [0.2, 0.25) is 0 Å². The molecule has 1 saturated carbocycles. The molecular formula is C22H34N2O2S. The summed E-state index contributed by atoms with van der Waals surface area (Å²) in [6.07, 6.45) is 13.4. The van der Waals surface area contributed by atoms with Gasteiger partial charge in [0.2, 0.25) is 0 Å². The predicted molar refractivity (Wildman–Crippen MR) is 115 cm³/mol. The number of hydrogen-bond acceptors (Lipinski definition) is 3. The first-order chi connectivity index (χ1) is 13.2. The minimum absolute atomic E-state index is 0.174. The largest absolute Gasteiger partial charge is 0.494 e. The Labute approximate surface area is 169 Å². The van der Waals surface area contributed by atoms with E-state index in [-0.39, 0.29) is 5.91 Å². The summed E-state index contributed by atoms with van der Waals surface area (Å²) < 4.78 is 5.74. The second-order valence-electron chi connectivity index (χ2n) is 7.40. The van der Waals surface area contributed by atoms with Gasteiger partial charge in [-0.15, -0.1) is 0 Å². The van der Waals surface area contributed by atoms with Gasteiger partial charge < -0.3 is 10.1 Å². The number of carbonyl (C=O) groups is 1. The van der Waals surface area contributed by atoms with Gasteiger partial charge in [-0.25, -0.2) is 0 Å². The molecule has 0 heterocycles. The molecule has 1 fully saturated rings. The third-order valence-electron chi connectivity index (χ3n) is 5.05. The molecule has 0 bridgehead atoms. The van der Waals surface area contributed by atoms with Crippen LogP contribution in [0, 0.1) is 0 Å². The lowest BCUT2D eigenvalue weighted by Gasteiger charge is -2.18. The van der Waals surface area contributed by atoms with Crippen LogP contribution in [0.25, 0.3) is 0 Å². The maximum absolute atomic E-state index is 12.4. The fraction of sp³-hybridized carbons (Fsp3) is 0.636.